The maximum absolute atomic E-state index is 7.33. The van der Waals surface area contributed by atoms with Crippen LogP contribution in [0.1, 0.15) is 2.85 Å². The van der Waals surface area contributed by atoms with Gasteiger partial charge in [-0.25, -0.2) is 0 Å². The molecule has 4 nitrogen and oxygen atoms in total. The van der Waals surface area contributed by atoms with Crippen LogP contribution in [0.3, 0.4) is 0 Å². The summed E-state index contributed by atoms with van der Waals surface area (Å²) in [4.78, 5) is 29.3. The summed E-state index contributed by atoms with van der Waals surface area (Å²) in [6.45, 7) is 0. The van der Waals surface area contributed by atoms with E-state index < -0.39 is 9.05 Å². The topological polar surface area (TPSA) is 80.9 Å². The quantitative estimate of drug-likeness (QED) is 0.234. The van der Waals surface area contributed by atoms with Crippen molar-refractivity contribution >= 4 is 9.05 Å². The van der Waals surface area contributed by atoms with Crippen molar-refractivity contribution in [3.63, 3.8) is 0 Å². The van der Waals surface area contributed by atoms with Crippen molar-refractivity contribution in [2.75, 3.05) is 0 Å². The van der Waals surface area contributed by atoms with Gasteiger partial charge in [0.15, 0.2) is 0 Å². The second-order valence-electron chi connectivity index (χ2n) is 0.600. The largest absolute Gasteiger partial charge is 1.00 e. The summed E-state index contributed by atoms with van der Waals surface area (Å²) >= 11 is 0. The third-order valence-electron chi connectivity index (χ3n) is 0. The minimum atomic E-state index is -4.61. The van der Waals surface area contributed by atoms with E-state index in [1.807, 2.05) is 0 Å². The summed E-state index contributed by atoms with van der Waals surface area (Å²) in [6.07, 6.45) is 0. The SMILES string of the molecule is O[Si](O)(O)O.[3HH].[H-].[Li+]. The van der Waals surface area contributed by atoms with Crippen LogP contribution in [0.2, 0.25) is 0 Å². The first kappa shape index (κ1) is 9.82. The maximum Gasteiger partial charge on any atom is 1.00 e. The van der Waals surface area contributed by atoms with Crippen LogP contribution in [0.5, 0.6) is 0 Å². The molecule has 0 aliphatic carbocycles. The smallest absolute Gasteiger partial charge is 1.00 e. The molecular formula is H7LiO4Si. The Bertz CT molecular complexity index is 29.5. The van der Waals surface area contributed by atoms with E-state index in [9.17, 15) is 0 Å². The zero-order chi connectivity index (χ0) is 4.50. The zero-order valence-corrected chi connectivity index (χ0v) is 4.29. The van der Waals surface area contributed by atoms with Crippen molar-refractivity contribution in [1.82, 2.24) is 0 Å². The molecule has 6 heavy (non-hydrogen) atoms. The van der Waals surface area contributed by atoms with Gasteiger partial charge >= 0.3 is 27.9 Å². The Balaban J connectivity index is -0.0000000267. The predicted octanol–water partition coefficient (Wildman–Crippen LogP) is -5.25. The molecule has 0 fully saturated rings. The summed E-state index contributed by atoms with van der Waals surface area (Å²) in [6, 6.07) is 0. The molecule has 0 amide bonds. The monoisotopic (exact) mass is 108 g/mol. The molecule has 0 atom stereocenters. The first-order valence-corrected chi connectivity index (χ1v) is 2.68. The van der Waals surface area contributed by atoms with E-state index >= 15 is 0 Å². The first-order chi connectivity index (χ1) is 2.00. The number of hydrogen-bond donors (Lipinski definition) is 4. The summed E-state index contributed by atoms with van der Waals surface area (Å²) in [5, 5.41) is 0. The van der Waals surface area contributed by atoms with Gasteiger partial charge < -0.3 is 20.6 Å². The number of rotatable bonds is 0. The first-order valence-electron chi connectivity index (χ1n) is 0.894. The van der Waals surface area contributed by atoms with Crippen LogP contribution in [-0.2, 0) is 0 Å². The molecule has 0 rings (SSSR count). The van der Waals surface area contributed by atoms with Crippen LogP contribution in [0.15, 0.2) is 0 Å². The molecule has 0 unspecified atom stereocenters. The predicted molar refractivity (Wildman–Crippen MR) is 17.9 cm³/mol. The summed E-state index contributed by atoms with van der Waals surface area (Å²) in [7, 11) is -4.61. The van der Waals surface area contributed by atoms with Gasteiger partial charge in [-0.05, 0) is 0 Å². The normalized spacial score (nSPS) is 10.0. The van der Waals surface area contributed by atoms with Gasteiger partial charge in [-0.3, -0.25) is 0 Å². The third kappa shape index (κ3) is 145. The van der Waals surface area contributed by atoms with Crippen LogP contribution in [0, 0.1) is 0 Å². The molecule has 6 heteroatoms. The van der Waals surface area contributed by atoms with Gasteiger partial charge in [0.1, 0.15) is 0 Å². The van der Waals surface area contributed by atoms with Crippen molar-refractivity contribution in [1.29, 1.82) is 0 Å². The molecule has 0 aliphatic heterocycles. The van der Waals surface area contributed by atoms with Crippen LogP contribution in [-0.4, -0.2) is 28.2 Å². The molecule has 0 bridgehead atoms. The van der Waals surface area contributed by atoms with E-state index in [4.69, 9.17) is 19.2 Å². The molecule has 0 aromatic rings. The van der Waals surface area contributed by atoms with E-state index in [1.54, 1.807) is 0 Å². The number of hydrogen-bond acceptors (Lipinski definition) is 4. The Morgan fingerprint density at radius 3 is 1.17 bits per heavy atom. The van der Waals surface area contributed by atoms with E-state index in [-0.39, 0.29) is 21.7 Å². The zero-order valence-electron chi connectivity index (χ0n) is 4.29. The summed E-state index contributed by atoms with van der Waals surface area (Å²) < 4.78 is 0. The average Bonchev–Trinajstić information content (AvgIpc) is 0.722. The van der Waals surface area contributed by atoms with Crippen LogP contribution in [0.25, 0.3) is 0 Å². The van der Waals surface area contributed by atoms with Crippen LogP contribution < -0.4 is 18.9 Å². The fraction of sp³-hybridized carbons (Fsp3) is 0. The second-order valence-corrected chi connectivity index (χ2v) is 1.80. The molecule has 36 valence electrons. The van der Waals surface area contributed by atoms with Gasteiger partial charge in [-0.2, -0.15) is 0 Å². The Hall–Kier alpha value is 0.654. The molecule has 0 heterocycles. The average molecular weight is 108 g/mol. The summed E-state index contributed by atoms with van der Waals surface area (Å²) in [5.74, 6) is 0. The molecule has 0 saturated carbocycles. The molecule has 0 radical (unpaired) electrons. The van der Waals surface area contributed by atoms with Gasteiger partial charge in [0, 0.05) is 1.43 Å². The van der Waals surface area contributed by atoms with Gasteiger partial charge in [0.25, 0.3) is 0 Å². The van der Waals surface area contributed by atoms with E-state index in [0.717, 1.165) is 0 Å². The molecule has 0 aromatic heterocycles. The third-order valence-corrected chi connectivity index (χ3v) is 0. The Morgan fingerprint density at radius 2 is 1.17 bits per heavy atom. The molecule has 4 N–H and O–H groups in total. The Kier molecular flexibility index (Phi) is 4.53. The second kappa shape index (κ2) is 2.77. The molecular weight excluding hydrogens is 99.0 g/mol. The minimum absolute atomic E-state index is 0. The molecule has 0 spiro atoms. The summed E-state index contributed by atoms with van der Waals surface area (Å²) in [5.41, 5.74) is 0. The minimum Gasteiger partial charge on any atom is -1.00 e. The molecule has 0 aromatic carbocycles. The molecule has 0 aliphatic rings. The van der Waals surface area contributed by atoms with Crippen LogP contribution >= 0.6 is 0 Å². The van der Waals surface area contributed by atoms with Crippen molar-refractivity contribution < 1.29 is 40.9 Å². The van der Waals surface area contributed by atoms with Gasteiger partial charge in [-0.1, -0.05) is 0 Å². The van der Waals surface area contributed by atoms with E-state index in [2.05, 4.69) is 0 Å². The van der Waals surface area contributed by atoms with E-state index in [1.165, 1.54) is 0 Å². The fourth-order valence-electron chi connectivity index (χ4n) is 0. The van der Waals surface area contributed by atoms with Crippen LogP contribution in [0.4, 0.5) is 0 Å². The van der Waals surface area contributed by atoms with Crippen molar-refractivity contribution in [2.24, 2.45) is 0 Å². The van der Waals surface area contributed by atoms with E-state index in [0.29, 0.717) is 0 Å². The fourth-order valence-corrected chi connectivity index (χ4v) is 0. The Morgan fingerprint density at radius 1 is 1.17 bits per heavy atom. The van der Waals surface area contributed by atoms with Crippen molar-refractivity contribution in [3.05, 3.63) is 0 Å². The van der Waals surface area contributed by atoms with Gasteiger partial charge in [0.05, 0.1) is 0 Å². The van der Waals surface area contributed by atoms with Crippen molar-refractivity contribution in [3.8, 4) is 0 Å². The van der Waals surface area contributed by atoms with Gasteiger partial charge in [-0.15, -0.1) is 0 Å². The standard InChI is InChI=1S/Li.H4O4Si.H2.H/c;1-5(2,3)4;;/h;1-4H;1H;/q+1;;;-1/i;;1+2;. The molecule has 0 saturated heterocycles. The maximum atomic E-state index is 7.33. The van der Waals surface area contributed by atoms with Crippen molar-refractivity contribution in [2.45, 2.75) is 0 Å². The Labute approximate surface area is 50.7 Å². The van der Waals surface area contributed by atoms with Gasteiger partial charge in [0.2, 0.25) is 0 Å².